The van der Waals surface area contributed by atoms with Gasteiger partial charge in [-0.15, -0.1) is 0 Å². The van der Waals surface area contributed by atoms with E-state index < -0.39 is 0 Å². The summed E-state index contributed by atoms with van der Waals surface area (Å²) in [5.41, 5.74) is 9.35. The van der Waals surface area contributed by atoms with E-state index in [4.69, 9.17) is 17.3 Å². The first-order valence-corrected chi connectivity index (χ1v) is 5.89. The van der Waals surface area contributed by atoms with Gasteiger partial charge >= 0.3 is 0 Å². The fourth-order valence-electron chi connectivity index (χ4n) is 2.15. The van der Waals surface area contributed by atoms with Crippen LogP contribution in [0.3, 0.4) is 0 Å². The predicted octanol–water partition coefficient (Wildman–Crippen LogP) is 2.30. The molecule has 18 heavy (non-hydrogen) atoms. The third-order valence-corrected chi connectivity index (χ3v) is 3.19. The molecule has 0 aliphatic carbocycles. The Morgan fingerprint density at radius 3 is 2.78 bits per heavy atom. The van der Waals surface area contributed by atoms with Gasteiger partial charge in [0.2, 0.25) is 5.95 Å². The summed E-state index contributed by atoms with van der Waals surface area (Å²) in [6.45, 7) is 1.93. The minimum absolute atomic E-state index is 0.411. The number of aryl methyl sites for hydroxylation is 2. The average molecular weight is 262 g/mol. The number of anilines is 1. The molecule has 0 saturated carbocycles. The number of aromatic nitrogens is 4. The van der Waals surface area contributed by atoms with Gasteiger partial charge in [0.05, 0.1) is 27.4 Å². The number of nitrogens with zero attached hydrogens (tertiary/aromatic N) is 4. The Kier molecular flexibility index (Phi) is 2.31. The van der Waals surface area contributed by atoms with Crippen LogP contribution in [0.15, 0.2) is 24.4 Å². The Morgan fingerprint density at radius 1 is 1.33 bits per heavy atom. The highest BCUT2D eigenvalue weighted by Gasteiger charge is 2.15. The number of hydrogen-bond donors (Lipinski definition) is 1. The number of imidazole rings is 1. The quantitative estimate of drug-likeness (QED) is 0.731. The van der Waals surface area contributed by atoms with E-state index in [1.807, 2.05) is 42.9 Å². The summed E-state index contributed by atoms with van der Waals surface area (Å²) in [4.78, 5) is 4.32. The van der Waals surface area contributed by atoms with Crippen LogP contribution in [0.25, 0.3) is 16.7 Å². The van der Waals surface area contributed by atoms with Crippen molar-refractivity contribution in [2.45, 2.75) is 6.92 Å². The van der Waals surface area contributed by atoms with Crippen molar-refractivity contribution in [1.82, 2.24) is 19.3 Å². The van der Waals surface area contributed by atoms with E-state index in [9.17, 15) is 0 Å². The van der Waals surface area contributed by atoms with Crippen molar-refractivity contribution < 1.29 is 0 Å². The Bertz CT molecular complexity index is 740. The molecule has 6 heteroatoms. The van der Waals surface area contributed by atoms with Crippen LogP contribution < -0.4 is 5.73 Å². The first-order valence-electron chi connectivity index (χ1n) is 5.51. The van der Waals surface area contributed by atoms with Crippen LogP contribution in [0.4, 0.5) is 5.95 Å². The molecule has 1 aromatic carbocycles. The van der Waals surface area contributed by atoms with E-state index in [2.05, 4.69) is 10.1 Å². The molecule has 0 fully saturated rings. The highest BCUT2D eigenvalue weighted by atomic mass is 35.5. The van der Waals surface area contributed by atoms with Crippen molar-refractivity contribution in [3.8, 4) is 5.69 Å². The number of benzene rings is 1. The Balaban J connectivity index is 2.42. The third-order valence-electron chi connectivity index (χ3n) is 2.88. The van der Waals surface area contributed by atoms with Gasteiger partial charge in [-0.25, -0.2) is 4.98 Å². The standard InChI is InChI=1S/C12H12ClN5/c1-7-10(6-17(2)16-7)18-11-8(13)4-3-5-9(11)15-12(18)14/h3-6H,1-2H3,(H2,14,15). The normalized spacial score (nSPS) is 11.3. The molecule has 0 radical (unpaired) electrons. The van der Waals surface area contributed by atoms with Gasteiger partial charge in [0.25, 0.3) is 0 Å². The van der Waals surface area contributed by atoms with E-state index in [0.29, 0.717) is 11.0 Å². The molecule has 3 aromatic rings. The number of nitrogen functional groups attached to an aromatic ring is 1. The lowest BCUT2D eigenvalue weighted by molar-refractivity contribution is 0.756. The number of para-hydroxylation sites is 1. The molecule has 2 N–H and O–H groups in total. The minimum atomic E-state index is 0.411. The number of fused-ring (bicyclic) bond motifs is 1. The number of hydrogen-bond acceptors (Lipinski definition) is 3. The topological polar surface area (TPSA) is 61.7 Å². The van der Waals surface area contributed by atoms with E-state index >= 15 is 0 Å². The van der Waals surface area contributed by atoms with Crippen molar-refractivity contribution in [1.29, 1.82) is 0 Å². The number of nitrogens with two attached hydrogens (primary N) is 1. The summed E-state index contributed by atoms with van der Waals surface area (Å²) in [7, 11) is 1.87. The van der Waals surface area contributed by atoms with Crippen molar-refractivity contribution in [3.05, 3.63) is 35.1 Å². The van der Waals surface area contributed by atoms with Crippen LogP contribution in [0.5, 0.6) is 0 Å². The second-order valence-corrected chi connectivity index (χ2v) is 4.59. The molecular weight excluding hydrogens is 250 g/mol. The zero-order valence-corrected chi connectivity index (χ0v) is 10.8. The van der Waals surface area contributed by atoms with Crippen LogP contribution >= 0.6 is 11.6 Å². The number of rotatable bonds is 1. The maximum atomic E-state index is 6.24. The summed E-state index contributed by atoms with van der Waals surface area (Å²) in [6, 6.07) is 5.57. The summed E-state index contributed by atoms with van der Waals surface area (Å²) < 4.78 is 3.58. The fraction of sp³-hybridized carbons (Fsp3) is 0.167. The van der Waals surface area contributed by atoms with Crippen LogP contribution in [-0.2, 0) is 7.05 Å². The van der Waals surface area contributed by atoms with Gasteiger partial charge in [-0.05, 0) is 19.1 Å². The largest absolute Gasteiger partial charge is 0.369 e. The van der Waals surface area contributed by atoms with E-state index in [0.717, 1.165) is 22.4 Å². The Labute approximate surface area is 109 Å². The van der Waals surface area contributed by atoms with Crippen molar-refractivity contribution in [2.75, 3.05) is 5.73 Å². The average Bonchev–Trinajstić information content (AvgIpc) is 2.79. The monoisotopic (exact) mass is 261 g/mol. The van der Waals surface area contributed by atoms with Gasteiger partial charge in [0.15, 0.2) is 0 Å². The minimum Gasteiger partial charge on any atom is -0.369 e. The molecule has 2 aromatic heterocycles. The zero-order chi connectivity index (χ0) is 12.9. The molecular formula is C12H12ClN5. The van der Waals surface area contributed by atoms with Gasteiger partial charge in [-0.1, -0.05) is 17.7 Å². The van der Waals surface area contributed by atoms with Crippen LogP contribution in [0.2, 0.25) is 5.02 Å². The number of halogens is 1. The van der Waals surface area contributed by atoms with Crippen LogP contribution in [-0.4, -0.2) is 19.3 Å². The highest BCUT2D eigenvalue weighted by molar-refractivity contribution is 6.35. The van der Waals surface area contributed by atoms with Crippen molar-refractivity contribution >= 4 is 28.6 Å². The summed E-state index contributed by atoms with van der Waals surface area (Å²) in [6.07, 6.45) is 1.90. The van der Waals surface area contributed by atoms with Crippen LogP contribution in [0, 0.1) is 6.92 Å². The van der Waals surface area contributed by atoms with Gasteiger partial charge in [-0.2, -0.15) is 5.10 Å². The Morgan fingerprint density at radius 2 is 2.11 bits per heavy atom. The lowest BCUT2D eigenvalue weighted by Gasteiger charge is -2.05. The first kappa shape index (κ1) is 11.1. The van der Waals surface area contributed by atoms with Gasteiger partial charge < -0.3 is 5.73 Å². The molecule has 0 amide bonds. The first-order chi connectivity index (χ1) is 8.58. The lowest BCUT2D eigenvalue weighted by Crippen LogP contribution is -2.01. The molecule has 0 saturated heterocycles. The molecule has 92 valence electrons. The van der Waals surface area contributed by atoms with Gasteiger partial charge in [0.1, 0.15) is 0 Å². The molecule has 5 nitrogen and oxygen atoms in total. The molecule has 3 rings (SSSR count). The van der Waals surface area contributed by atoms with Gasteiger partial charge in [0, 0.05) is 13.2 Å². The molecule has 0 unspecified atom stereocenters. The summed E-state index contributed by atoms with van der Waals surface area (Å²) >= 11 is 6.24. The molecule has 0 aliphatic heterocycles. The lowest BCUT2D eigenvalue weighted by atomic mass is 10.3. The molecule has 0 aliphatic rings. The SMILES string of the molecule is Cc1nn(C)cc1-n1c(N)nc2cccc(Cl)c21. The summed E-state index contributed by atoms with van der Waals surface area (Å²) in [5, 5.41) is 4.94. The second-order valence-electron chi connectivity index (χ2n) is 4.19. The molecule has 0 bridgehead atoms. The van der Waals surface area contributed by atoms with E-state index in [1.165, 1.54) is 0 Å². The second kappa shape index (κ2) is 3.74. The maximum Gasteiger partial charge on any atom is 0.206 e. The highest BCUT2D eigenvalue weighted by Crippen LogP contribution is 2.29. The Hall–Kier alpha value is -2.01. The predicted molar refractivity (Wildman–Crippen MR) is 72.0 cm³/mol. The van der Waals surface area contributed by atoms with Crippen LogP contribution in [0.1, 0.15) is 5.69 Å². The van der Waals surface area contributed by atoms with Gasteiger partial charge in [-0.3, -0.25) is 9.25 Å². The third kappa shape index (κ3) is 1.48. The van der Waals surface area contributed by atoms with Crippen molar-refractivity contribution in [2.24, 2.45) is 7.05 Å². The van der Waals surface area contributed by atoms with E-state index in [1.54, 1.807) is 4.68 Å². The zero-order valence-electron chi connectivity index (χ0n) is 10.1. The summed E-state index contributed by atoms with van der Waals surface area (Å²) in [5.74, 6) is 0.411. The maximum absolute atomic E-state index is 6.24. The smallest absolute Gasteiger partial charge is 0.206 e. The molecule has 2 heterocycles. The molecule has 0 spiro atoms. The van der Waals surface area contributed by atoms with E-state index in [-0.39, 0.29) is 0 Å². The fourth-order valence-corrected chi connectivity index (χ4v) is 2.41. The van der Waals surface area contributed by atoms with Crippen molar-refractivity contribution in [3.63, 3.8) is 0 Å². The molecule has 0 atom stereocenters.